The molecule has 1 aromatic rings. The van der Waals surface area contributed by atoms with Crippen molar-refractivity contribution in [1.82, 2.24) is 5.32 Å². The molecule has 0 unspecified atom stereocenters. The van der Waals surface area contributed by atoms with Gasteiger partial charge in [-0.2, -0.15) is 0 Å². The lowest BCUT2D eigenvalue weighted by atomic mass is 9.77. The summed E-state index contributed by atoms with van der Waals surface area (Å²) in [5.41, 5.74) is 8.95. The van der Waals surface area contributed by atoms with Gasteiger partial charge in [-0.15, -0.1) is 0 Å². The van der Waals surface area contributed by atoms with E-state index >= 15 is 0 Å². The molecule has 1 rings (SSSR count). The molecule has 0 aliphatic heterocycles. The number of benzene rings is 1. The van der Waals surface area contributed by atoms with Gasteiger partial charge < -0.3 is 11.1 Å². The van der Waals surface area contributed by atoms with Crippen molar-refractivity contribution >= 4 is 6.03 Å². The molecular formula is C16H26N2O. The van der Waals surface area contributed by atoms with Crippen LogP contribution < -0.4 is 11.1 Å². The first kappa shape index (κ1) is 15.5. The summed E-state index contributed by atoms with van der Waals surface area (Å²) < 4.78 is 0. The second kappa shape index (κ2) is 5.24. The van der Waals surface area contributed by atoms with Gasteiger partial charge in [-0.05, 0) is 29.0 Å². The third-order valence-electron chi connectivity index (χ3n) is 3.54. The number of nitrogens with two attached hydrogens (primary N) is 1. The standard InChI is InChI=1S/C16H26N2O/c1-11-7-8-12(15(2,3)4)9-13(11)16(5,6)10-18-14(17)19/h7-9H,10H2,1-6H3,(H3,17,18,19). The molecule has 0 saturated heterocycles. The van der Waals surface area contributed by atoms with Crippen molar-refractivity contribution in [3.05, 3.63) is 34.9 Å². The van der Waals surface area contributed by atoms with Gasteiger partial charge in [0.2, 0.25) is 0 Å². The van der Waals surface area contributed by atoms with Gasteiger partial charge >= 0.3 is 6.03 Å². The Hall–Kier alpha value is -1.51. The maximum atomic E-state index is 10.9. The average Bonchev–Trinajstić information content (AvgIpc) is 2.25. The van der Waals surface area contributed by atoms with E-state index in [0.717, 1.165) is 0 Å². The van der Waals surface area contributed by atoms with Crippen LogP contribution in [0.4, 0.5) is 4.79 Å². The van der Waals surface area contributed by atoms with E-state index in [0.29, 0.717) is 6.54 Å². The number of carbonyl (C=O) groups is 1. The zero-order valence-corrected chi connectivity index (χ0v) is 12.9. The lowest BCUT2D eigenvalue weighted by Crippen LogP contribution is -2.40. The number of primary amides is 1. The second-order valence-electron chi connectivity index (χ2n) is 6.88. The van der Waals surface area contributed by atoms with Crippen molar-refractivity contribution in [2.45, 2.75) is 52.4 Å². The van der Waals surface area contributed by atoms with E-state index in [1.165, 1.54) is 16.7 Å². The van der Waals surface area contributed by atoms with Crippen LogP contribution in [0.1, 0.15) is 51.3 Å². The van der Waals surface area contributed by atoms with Crippen LogP contribution >= 0.6 is 0 Å². The summed E-state index contributed by atoms with van der Waals surface area (Å²) in [5.74, 6) is 0. The summed E-state index contributed by atoms with van der Waals surface area (Å²) in [7, 11) is 0. The fourth-order valence-corrected chi connectivity index (χ4v) is 2.22. The lowest BCUT2D eigenvalue weighted by molar-refractivity contribution is 0.246. The van der Waals surface area contributed by atoms with E-state index in [-0.39, 0.29) is 10.8 Å². The molecule has 1 aromatic carbocycles. The lowest BCUT2D eigenvalue weighted by Gasteiger charge is -2.30. The Kier molecular flexibility index (Phi) is 4.28. The number of hydrogen-bond acceptors (Lipinski definition) is 1. The molecule has 0 aromatic heterocycles. The molecule has 0 aliphatic carbocycles. The molecule has 0 saturated carbocycles. The molecule has 3 nitrogen and oxygen atoms in total. The molecule has 3 heteroatoms. The van der Waals surface area contributed by atoms with E-state index < -0.39 is 6.03 Å². The van der Waals surface area contributed by atoms with Crippen LogP contribution in [0.2, 0.25) is 0 Å². The molecular weight excluding hydrogens is 236 g/mol. The minimum atomic E-state index is -0.474. The van der Waals surface area contributed by atoms with Gasteiger partial charge in [-0.3, -0.25) is 0 Å². The van der Waals surface area contributed by atoms with Gasteiger partial charge in [0.25, 0.3) is 0 Å². The smallest absolute Gasteiger partial charge is 0.312 e. The second-order valence-corrected chi connectivity index (χ2v) is 6.88. The molecule has 0 radical (unpaired) electrons. The fraction of sp³-hybridized carbons (Fsp3) is 0.562. The predicted molar refractivity (Wildman–Crippen MR) is 80.5 cm³/mol. The summed E-state index contributed by atoms with van der Waals surface area (Å²) in [6, 6.07) is 6.11. The van der Waals surface area contributed by atoms with Crippen molar-refractivity contribution in [3.63, 3.8) is 0 Å². The first-order valence-corrected chi connectivity index (χ1v) is 6.69. The number of hydrogen-bond donors (Lipinski definition) is 2. The van der Waals surface area contributed by atoms with Gasteiger partial charge in [-0.1, -0.05) is 52.8 Å². The summed E-state index contributed by atoms with van der Waals surface area (Å²) in [6.07, 6.45) is 0. The number of carbonyl (C=O) groups excluding carboxylic acids is 1. The van der Waals surface area contributed by atoms with Crippen molar-refractivity contribution in [3.8, 4) is 0 Å². The van der Waals surface area contributed by atoms with Gasteiger partial charge in [0.05, 0.1) is 0 Å². The Morgan fingerprint density at radius 3 is 2.26 bits per heavy atom. The first-order valence-electron chi connectivity index (χ1n) is 6.69. The van der Waals surface area contributed by atoms with Crippen LogP contribution in [-0.4, -0.2) is 12.6 Å². The van der Waals surface area contributed by atoms with Crippen LogP contribution in [0.3, 0.4) is 0 Å². The summed E-state index contributed by atoms with van der Waals surface area (Å²) in [6.45, 7) is 13.5. The molecule has 0 atom stereocenters. The van der Waals surface area contributed by atoms with E-state index in [9.17, 15) is 4.79 Å². The SMILES string of the molecule is Cc1ccc(C(C)(C)C)cc1C(C)(C)CNC(N)=O. The van der Waals surface area contributed by atoms with Gasteiger partial charge in [-0.25, -0.2) is 4.79 Å². The Bertz CT molecular complexity index is 470. The highest BCUT2D eigenvalue weighted by Crippen LogP contribution is 2.31. The van der Waals surface area contributed by atoms with Crippen molar-refractivity contribution in [2.75, 3.05) is 6.54 Å². The topological polar surface area (TPSA) is 55.1 Å². The zero-order chi connectivity index (χ0) is 14.8. The molecule has 3 N–H and O–H groups in total. The number of urea groups is 1. The number of amides is 2. The van der Waals surface area contributed by atoms with Gasteiger partial charge in [0.15, 0.2) is 0 Å². The van der Waals surface area contributed by atoms with E-state index in [1.54, 1.807) is 0 Å². The Morgan fingerprint density at radius 2 is 1.79 bits per heavy atom. The minimum absolute atomic E-state index is 0.121. The quantitative estimate of drug-likeness (QED) is 0.863. The molecule has 0 fully saturated rings. The highest BCUT2D eigenvalue weighted by atomic mass is 16.2. The molecule has 0 spiro atoms. The average molecular weight is 262 g/mol. The van der Waals surface area contributed by atoms with Crippen molar-refractivity contribution in [2.24, 2.45) is 5.73 Å². The van der Waals surface area contributed by atoms with Gasteiger partial charge in [0.1, 0.15) is 0 Å². The predicted octanol–water partition coefficient (Wildman–Crippen LogP) is 3.24. The summed E-state index contributed by atoms with van der Waals surface area (Å²) in [4.78, 5) is 10.9. The van der Waals surface area contributed by atoms with Crippen LogP contribution in [0.5, 0.6) is 0 Å². The van der Waals surface area contributed by atoms with Crippen LogP contribution in [0.15, 0.2) is 18.2 Å². The van der Waals surface area contributed by atoms with Crippen LogP contribution in [-0.2, 0) is 10.8 Å². The van der Waals surface area contributed by atoms with E-state index in [1.807, 2.05) is 0 Å². The molecule has 19 heavy (non-hydrogen) atoms. The van der Waals surface area contributed by atoms with E-state index in [4.69, 9.17) is 5.73 Å². The molecule has 106 valence electrons. The summed E-state index contributed by atoms with van der Waals surface area (Å²) in [5, 5.41) is 2.71. The Labute approximate surface area is 116 Å². The maximum Gasteiger partial charge on any atom is 0.312 e. The highest BCUT2D eigenvalue weighted by Gasteiger charge is 2.25. The van der Waals surface area contributed by atoms with Crippen LogP contribution in [0.25, 0.3) is 0 Å². The third kappa shape index (κ3) is 3.98. The third-order valence-corrected chi connectivity index (χ3v) is 3.54. The normalized spacial score (nSPS) is 12.3. The molecule has 0 bridgehead atoms. The fourth-order valence-electron chi connectivity index (χ4n) is 2.22. The number of nitrogens with one attached hydrogen (secondary N) is 1. The zero-order valence-electron chi connectivity index (χ0n) is 12.9. The highest BCUT2D eigenvalue weighted by molar-refractivity contribution is 5.71. The Morgan fingerprint density at radius 1 is 1.21 bits per heavy atom. The van der Waals surface area contributed by atoms with Crippen molar-refractivity contribution < 1.29 is 4.79 Å². The molecule has 0 aliphatic rings. The van der Waals surface area contributed by atoms with Crippen molar-refractivity contribution in [1.29, 1.82) is 0 Å². The Balaban J connectivity index is 3.14. The number of rotatable bonds is 3. The molecule has 2 amide bonds. The molecule has 0 heterocycles. The minimum Gasteiger partial charge on any atom is -0.352 e. The van der Waals surface area contributed by atoms with Gasteiger partial charge in [0, 0.05) is 12.0 Å². The van der Waals surface area contributed by atoms with Crippen LogP contribution in [0, 0.1) is 6.92 Å². The first-order chi connectivity index (χ1) is 8.54. The van der Waals surface area contributed by atoms with E-state index in [2.05, 4.69) is 65.1 Å². The largest absolute Gasteiger partial charge is 0.352 e. The summed E-state index contributed by atoms with van der Waals surface area (Å²) >= 11 is 0. The number of aryl methyl sites for hydroxylation is 1. The monoisotopic (exact) mass is 262 g/mol. The maximum absolute atomic E-state index is 10.9.